The van der Waals surface area contributed by atoms with Crippen molar-refractivity contribution in [3.05, 3.63) is 23.3 Å². The van der Waals surface area contributed by atoms with Gasteiger partial charge < -0.3 is 15.3 Å². The van der Waals surface area contributed by atoms with Gasteiger partial charge in [-0.25, -0.2) is 13.2 Å². The molecule has 1 aliphatic rings. The third-order valence-corrected chi connectivity index (χ3v) is 5.27. The molecule has 1 atom stereocenters. The fraction of sp³-hybridized carbons (Fsp3) is 0.417. The lowest BCUT2D eigenvalue weighted by molar-refractivity contribution is 0.0693. The largest absolute Gasteiger partial charge is 0.507 e. The maximum atomic E-state index is 12.4. The number of phenols is 1. The van der Waals surface area contributed by atoms with E-state index in [1.807, 2.05) is 0 Å². The molecule has 0 aliphatic carbocycles. The van der Waals surface area contributed by atoms with Crippen LogP contribution < -0.4 is 0 Å². The summed E-state index contributed by atoms with van der Waals surface area (Å²) in [6, 6.07) is 2.07. The molecule has 8 heteroatoms. The van der Waals surface area contributed by atoms with Crippen LogP contribution in [0, 0.1) is 6.92 Å². The van der Waals surface area contributed by atoms with Gasteiger partial charge in [0, 0.05) is 13.1 Å². The molecule has 0 saturated carbocycles. The number of aromatic hydroxyl groups is 1. The van der Waals surface area contributed by atoms with Crippen molar-refractivity contribution < 1.29 is 28.5 Å². The number of aryl methyl sites for hydroxylation is 1. The number of benzene rings is 1. The Hall–Kier alpha value is -1.64. The number of carbonyl (C=O) groups is 1. The van der Waals surface area contributed by atoms with Crippen LogP contribution in [-0.4, -0.2) is 53.2 Å². The van der Waals surface area contributed by atoms with Crippen molar-refractivity contribution in [1.29, 1.82) is 0 Å². The van der Waals surface area contributed by atoms with Gasteiger partial charge in [0.05, 0.1) is 11.0 Å². The van der Waals surface area contributed by atoms with E-state index in [0.29, 0.717) is 6.42 Å². The predicted octanol–water partition coefficient (Wildman–Crippen LogP) is 0.154. The van der Waals surface area contributed by atoms with Crippen molar-refractivity contribution in [3.63, 3.8) is 0 Å². The van der Waals surface area contributed by atoms with Gasteiger partial charge in [-0.05, 0) is 31.0 Å². The summed E-state index contributed by atoms with van der Waals surface area (Å²) in [4.78, 5) is 10.8. The molecule has 0 radical (unpaired) electrons. The number of carboxylic acids is 1. The summed E-state index contributed by atoms with van der Waals surface area (Å²) in [5.41, 5.74) is -0.206. The Kier molecular flexibility index (Phi) is 3.72. The monoisotopic (exact) mass is 301 g/mol. The highest BCUT2D eigenvalue weighted by Crippen LogP contribution is 2.29. The minimum Gasteiger partial charge on any atom is -0.507 e. The average Bonchev–Trinajstić information content (AvgIpc) is 2.75. The smallest absolute Gasteiger partial charge is 0.339 e. The van der Waals surface area contributed by atoms with E-state index in [2.05, 4.69) is 0 Å². The van der Waals surface area contributed by atoms with Crippen LogP contribution in [0.2, 0.25) is 0 Å². The fourth-order valence-corrected chi connectivity index (χ4v) is 3.91. The summed E-state index contributed by atoms with van der Waals surface area (Å²) < 4.78 is 26.0. The average molecular weight is 301 g/mol. The summed E-state index contributed by atoms with van der Waals surface area (Å²) >= 11 is 0. The second kappa shape index (κ2) is 5.04. The summed E-state index contributed by atoms with van der Waals surface area (Å²) in [6.45, 7) is 1.65. The van der Waals surface area contributed by atoms with Gasteiger partial charge in [0.2, 0.25) is 10.0 Å². The Bertz CT molecular complexity index is 654. The third-order valence-electron chi connectivity index (χ3n) is 3.27. The quantitative estimate of drug-likeness (QED) is 0.732. The maximum absolute atomic E-state index is 12.4. The Labute approximate surface area is 116 Å². The molecule has 1 aromatic rings. The van der Waals surface area contributed by atoms with Gasteiger partial charge in [-0.15, -0.1) is 0 Å². The zero-order valence-electron chi connectivity index (χ0n) is 10.8. The first kappa shape index (κ1) is 14.8. The van der Waals surface area contributed by atoms with E-state index < -0.39 is 33.4 Å². The molecule has 0 bridgehead atoms. The fourth-order valence-electron chi connectivity index (χ4n) is 2.19. The second-order valence-electron chi connectivity index (χ2n) is 4.75. The van der Waals surface area contributed by atoms with Gasteiger partial charge in [-0.1, -0.05) is 0 Å². The van der Waals surface area contributed by atoms with E-state index in [9.17, 15) is 23.4 Å². The molecule has 2 rings (SSSR count). The zero-order chi connectivity index (χ0) is 15.1. The molecular formula is C12H15NO6S. The van der Waals surface area contributed by atoms with Gasteiger partial charge in [-0.3, -0.25) is 0 Å². The van der Waals surface area contributed by atoms with Crippen LogP contribution in [0.3, 0.4) is 0 Å². The minimum absolute atomic E-state index is 0.00887. The van der Waals surface area contributed by atoms with E-state index in [1.54, 1.807) is 0 Å². The molecule has 1 aliphatic heterocycles. The van der Waals surface area contributed by atoms with E-state index in [1.165, 1.54) is 6.92 Å². The molecule has 0 aromatic heterocycles. The Morgan fingerprint density at radius 3 is 2.55 bits per heavy atom. The first-order valence-electron chi connectivity index (χ1n) is 5.98. The molecule has 110 valence electrons. The molecular weight excluding hydrogens is 286 g/mol. The van der Waals surface area contributed by atoms with Crippen LogP contribution in [0.15, 0.2) is 17.0 Å². The first-order chi connectivity index (χ1) is 9.23. The van der Waals surface area contributed by atoms with Crippen molar-refractivity contribution >= 4 is 16.0 Å². The second-order valence-corrected chi connectivity index (χ2v) is 6.65. The zero-order valence-corrected chi connectivity index (χ0v) is 11.6. The number of hydrogen-bond acceptors (Lipinski definition) is 5. The van der Waals surface area contributed by atoms with E-state index in [0.717, 1.165) is 16.4 Å². The highest BCUT2D eigenvalue weighted by molar-refractivity contribution is 7.89. The van der Waals surface area contributed by atoms with Crippen molar-refractivity contribution in [3.8, 4) is 5.75 Å². The van der Waals surface area contributed by atoms with Gasteiger partial charge >= 0.3 is 5.97 Å². The number of aliphatic hydroxyl groups is 1. The Morgan fingerprint density at radius 1 is 1.40 bits per heavy atom. The number of aromatic carboxylic acids is 1. The minimum atomic E-state index is -3.88. The standard InChI is InChI=1S/C12H15NO6S/c1-7-4-10(15)9(12(16)17)5-11(7)20(18,19)13-3-2-8(14)6-13/h4-5,8,14-15H,2-3,6H2,1H3,(H,16,17). The summed E-state index contributed by atoms with van der Waals surface area (Å²) in [5, 5.41) is 27.9. The lowest BCUT2D eigenvalue weighted by Crippen LogP contribution is -2.30. The molecule has 1 heterocycles. The summed E-state index contributed by atoms with van der Waals surface area (Å²) in [7, 11) is -3.88. The molecule has 1 saturated heterocycles. The lowest BCUT2D eigenvalue weighted by Gasteiger charge is -2.18. The van der Waals surface area contributed by atoms with Crippen LogP contribution in [0.25, 0.3) is 0 Å². The van der Waals surface area contributed by atoms with Crippen molar-refractivity contribution in [2.45, 2.75) is 24.3 Å². The van der Waals surface area contributed by atoms with Crippen LogP contribution in [0.4, 0.5) is 0 Å². The van der Waals surface area contributed by atoms with Gasteiger partial charge in [0.15, 0.2) is 0 Å². The topological polar surface area (TPSA) is 115 Å². The number of aliphatic hydroxyl groups excluding tert-OH is 1. The molecule has 0 amide bonds. The summed E-state index contributed by atoms with van der Waals surface area (Å²) in [5.74, 6) is -1.88. The Morgan fingerprint density at radius 2 is 2.05 bits per heavy atom. The van der Waals surface area contributed by atoms with Crippen LogP contribution in [-0.2, 0) is 10.0 Å². The predicted molar refractivity (Wildman–Crippen MR) is 69.2 cm³/mol. The van der Waals surface area contributed by atoms with Crippen molar-refractivity contribution in [1.82, 2.24) is 4.31 Å². The Balaban J connectivity index is 2.51. The van der Waals surface area contributed by atoms with E-state index >= 15 is 0 Å². The van der Waals surface area contributed by atoms with Crippen molar-refractivity contribution in [2.24, 2.45) is 0 Å². The number of hydrogen-bond donors (Lipinski definition) is 3. The molecule has 1 aromatic carbocycles. The number of carboxylic acid groups (broad SMARTS) is 1. The molecule has 7 nitrogen and oxygen atoms in total. The number of rotatable bonds is 3. The molecule has 20 heavy (non-hydrogen) atoms. The van der Waals surface area contributed by atoms with E-state index in [-0.39, 0.29) is 23.5 Å². The number of sulfonamides is 1. The first-order valence-corrected chi connectivity index (χ1v) is 7.42. The van der Waals surface area contributed by atoms with Gasteiger partial charge in [-0.2, -0.15) is 4.31 Å². The van der Waals surface area contributed by atoms with Gasteiger partial charge in [0.1, 0.15) is 11.3 Å². The summed E-state index contributed by atoms with van der Waals surface area (Å²) in [6.07, 6.45) is -0.358. The lowest BCUT2D eigenvalue weighted by atomic mass is 10.1. The normalized spacial score (nSPS) is 20.2. The van der Waals surface area contributed by atoms with Crippen LogP contribution in [0.1, 0.15) is 22.3 Å². The molecule has 1 unspecified atom stereocenters. The number of β-amino-alcohol motifs (C(OH)–C–C–N with tert-alkyl or cyclic N) is 1. The number of nitrogens with zero attached hydrogens (tertiary/aromatic N) is 1. The molecule has 3 N–H and O–H groups in total. The highest BCUT2D eigenvalue weighted by atomic mass is 32.2. The van der Waals surface area contributed by atoms with E-state index in [4.69, 9.17) is 5.11 Å². The highest BCUT2D eigenvalue weighted by Gasteiger charge is 2.33. The van der Waals surface area contributed by atoms with Crippen LogP contribution in [0.5, 0.6) is 5.75 Å². The molecule has 1 fully saturated rings. The third kappa shape index (κ3) is 2.49. The van der Waals surface area contributed by atoms with Crippen LogP contribution >= 0.6 is 0 Å². The molecule has 0 spiro atoms. The maximum Gasteiger partial charge on any atom is 0.339 e. The van der Waals surface area contributed by atoms with Crippen molar-refractivity contribution in [2.75, 3.05) is 13.1 Å². The van der Waals surface area contributed by atoms with Gasteiger partial charge in [0.25, 0.3) is 0 Å². The SMILES string of the molecule is Cc1cc(O)c(C(=O)O)cc1S(=O)(=O)N1CCC(O)C1.